The van der Waals surface area contributed by atoms with Crippen LogP contribution in [0.4, 0.5) is 0 Å². The van der Waals surface area contributed by atoms with E-state index in [4.69, 9.17) is 4.74 Å². The minimum absolute atomic E-state index is 0.290. The Morgan fingerprint density at radius 3 is 2.75 bits per heavy atom. The zero-order chi connectivity index (χ0) is 13.3. The Labute approximate surface area is 120 Å². The summed E-state index contributed by atoms with van der Waals surface area (Å²) in [5.74, 6) is 5.02. The van der Waals surface area contributed by atoms with Gasteiger partial charge in [-0.1, -0.05) is 18.2 Å². The number of aliphatic hydroxyl groups is 1. The first kappa shape index (κ1) is 11.6. The number of para-hydroxylation sites is 1. The van der Waals surface area contributed by atoms with Crippen molar-refractivity contribution in [3.8, 4) is 5.75 Å². The average molecular weight is 270 g/mol. The molecule has 106 valence electrons. The lowest BCUT2D eigenvalue weighted by atomic mass is 9.92. The Hall–Kier alpha value is -1.02. The first-order valence-electron chi connectivity index (χ1n) is 8.27. The number of ether oxygens (including phenoxy) is 1. The number of aliphatic hydroxyl groups excluding tert-OH is 1. The lowest BCUT2D eigenvalue weighted by Crippen LogP contribution is -2.14. The number of hydrogen-bond acceptors (Lipinski definition) is 2. The van der Waals surface area contributed by atoms with Gasteiger partial charge in [-0.05, 0) is 67.3 Å². The smallest absolute Gasteiger partial charge is 0.128 e. The van der Waals surface area contributed by atoms with Gasteiger partial charge < -0.3 is 9.84 Å². The first-order valence-corrected chi connectivity index (χ1v) is 8.27. The number of fused-ring (bicyclic) bond motifs is 6. The molecule has 0 spiro atoms. The van der Waals surface area contributed by atoms with E-state index in [0.717, 1.165) is 54.4 Å². The van der Waals surface area contributed by atoms with Gasteiger partial charge in [0.15, 0.2) is 0 Å². The molecule has 1 aromatic rings. The highest BCUT2D eigenvalue weighted by Gasteiger charge is 2.67. The molecule has 0 radical (unpaired) electrons. The summed E-state index contributed by atoms with van der Waals surface area (Å²) in [6, 6.07) is 6.34. The molecule has 1 N–H and O–H groups in total. The average Bonchev–Trinajstić information content (AvgIpc) is 2.93. The van der Waals surface area contributed by atoms with Crippen LogP contribution in [0.2, 0.25) is 0 Å². The van der Waals surface area contributed by atoms with E-state index >= 15 is 0 Å². The minimum Gasteiger partial charge on any atom is -0.493 e. The predicted molar refractivity (Wildman–Crippen MR) is 76.5 cm³/mol. The second-order valence-electron chi connectivity index (χ2n) is 7.30. The maximum atomic E-state index is 10.9. The molecule has 4 aliphatic rings. The van der Waals surface area contributed by atoms with E-state index in [9.17, 15) is 5.11 Å². The molecule has 5 unspecified atom stereocenters. The van der Waals surface area contributed by atoms with E-state index < -0.39 is 0 Å². The van der Waals surface area contributed by atoms with Crippen molar-refractivity contribution in [2.24, 2.45) is 29.6 Å². The van der Waals surface area contributed by atoms with E-state index in [1.54, 1.807) is 0 Å². The summed E-state index contributed by atoms with van der Waals surface area (Å²) in [5, 5.41) is 10.9. The molecule has 1 aromatic carbocycles. The molecule has 3 aliphatic carbocycles. The van der Waals surface area contributed by atoms with Gasteiger partial charge in [0.2, 0.25) is 0 Å². The Morgan fingerprint density at radius 2 is 1.95 bits per heavy atom. The van der Waals surface area contributed by atoms with Crippen molar-refractivity contribution in [3.05, 3.63) is 29.3 Å². The van der Waals surface area contributed by atoms with Crippen LogP contribution in [0.3, 0.4) is 0 Å². The molecular weight excluding hydrogens is 248 g/mol. The summed E-state index contributed by atoms with van der Waals surface area (Å²) in [7, 11) is 0. The topological polar surface area (TPSA) is 29.5 Å². The lowest BCUT2D eigenvalue weighted by Gasteiger charge is -2.24. The third kappa shape index (κ3) is 1.43. The second-order valence-corrected chi connectivity index (χ2v) is 7.30. The summed E-state index contributed by atoms with van der Waals surface area (Å²) in [5.41, 5.74) is 2.36. The van der Waals surface area contributed by atoms with Gasteiger partial charge in [-0.15, -0.1) is 0 Å². The summed E-state index contributed by atoms with van der Waals surface area (Å²) >= 11 is 0. The second kappa shape index (κ2) is 4.00. The van der Waals surface area contributed by atoms with E-state index in [1.807, 2.05) is 0 Å². The fourth-order valence-corrected chi connectivity index (χ4v) is 5.67. The van der Waals surface area contributed by atoms with Crippen LogP contribution in [0.25, 0.3) is 0 Å². The zero-order valence-electron chi connectivity index (χ0n) is 11.8. The highest BCUT2D eigenvalue weighted by molar-refractivity contribution is 5.45. The van der Waals surface area contributed by atoms with Crippen LogP contribution < -0.4 is 4.74 Å². The van der Waals surface area contributed by atoms with E-state index in [1.165, 1.54) is 24.8 Å². The lowest BCUT2D eigenvalue weighted by molar-refractivity contribution is 0.124. The van der Waals surface area contributed by atoms with Gasteiger partial charge in [0.1, 0.15) is 5.75 Å². The molecule has 1 heterocycles. The molecule has 20 heavy (non-hydrogen) atoms. The third-order valence-corrected chi connectivity index (χ3v) is 6.44. The third-order valence-electron chi connectivity index (χ3n) is 6.44. The fraction of sp³-hybridized carbons (Fsp3) is 0.667. The van der Waals surface area contributed by atoms with Gasteiger partial charge in [-0.2, -0.15) is 0 Å². The van der Waals surface area contributed by atoms with Crippen LogP contribution in [0.1, 0.15) is 42.9 Å². The molecule has 0 amide bonds. The standard InChI is InChI=1S/C18H22O2/c19-17(16-14-11-6-7-12(9-11)15(14)16)13-5-1-3-10-4-2-8-20-18(10)13/h1,3,5,11-12,14-17,19H,2,4,6-9H2. The molecule has 0 saturated heterocycles. The molecule has 3 saturated carbocycles. The molecule has 1 aliphatic heterocycles. The minimum atomic E-state index is -0.290. The first-order chi connectivity index (χ1) is 9.84. The van der Waals surface area contributed by atoms with Crippen LogP contribution >= 0.6 is 0 Å². The van der Waals surface area contributed by atoms with Crippen molar-refractivity contribution in [1.29, 1.82) is 0 Å². The van der Waals surface area contributed by atoms with Crippen molar-refractivity contribution in [2.45, 2.75) is 38.2 Å². The van der Waals surface area contributed by atoms with Crippen molar-refractivity contribution < 1.29 is 9.84 Å². The zero-order valence-corrected chi connectivity index (χ0v) is 11.8. The SMILES string of the molecule is OC(c1cccc2c1OCCC2)C1C2C3CCC(C3)C21. The number of benzene rings is 1. The van der Waals surface area contributed by atoms with Gasteiger partial charge in [-0.3, -0.25) is 0 Å². The van der Waals surface area contributed by atoms with E-state index in [2.05, 4.69) is 18.2 Å². The van der Waals surface area contributed by atoms with Crippen LogP contribution in [0.5, 0.6) is 5.75 Å². The maximum Gasteiger partial charge on any atom is 0.128 e. The number of hydrogen-bond donors (Lipinski definition) is 1. The van der Waals surface area contributed by atoms with Crippen LogP contribution in [0, 0.1) is 29.6 Å². The molecule has 2 heteroatoms. The van der Waals surface area contributed by atoms with Gasteiger partial charge in [0, 0.05) is 5.56 Å². The Morgan fingerprint density at radius 1 is 1.15 bits per heavy atom. The van der Waals surface area contributed by atoms with Crippen molar-refractivity contribution in [1.82, 2.24) is 0 Å². The normalized spacial score (nSPS) is 41.8. The molecule has 5 rings (SSSR count). The Bertz CT molecular complexity index is 536. The van der Waals surface area contributed by atoms with Crippen LogP contribution in [0.15, 0.2) is 18.2 Å². The number of aryl methyl sites for hydroxylation is 1. The summed E-state index contributed by atoms with van der Waals surface area (Å²) in [4.78, 5) is 0. The Balaban J connectivity index is 1.46. The highest BCUT2D eigenvalue weighted by Crippen LogP contribution is 2.72. The Kier molecular flexibility index (Phi) is 2.33. The maximum absolute atomic E-state index is 10.9. The quantitative estimate of drug-likeness (QED) is 0.893. The molecule has 0 aromatic heterocycles. The van der Waals surface area contributed by atoms with Gasteiger partial charge in [0.25, 0.3) is 0 Å². The number of rotatable bonds is 2. The molecule has 5 atom stereocenters. The van der Waals surface area contributed by atoms with Crippen molar-refractivity contribution in [2.75, 3.05) is 6.61 Å². The molecule has 2 bridgehead atoms. The molecule has 2 nitrogen and oxygen atoms in total. The summed E-state index contributed by atoms with van der Waals surface area (Å²) in [6.07, 6.45) is 6.18. The largest absolute Gasteiger partial charge is 0.493 e. The van der Waals surface area contributed by atoms with Crippen molar-refractivity contribution >= 4 is 0 Å². The van der Waals surface area contributed by atoms with E-state index in [-0.39, 0.29) is 6.10 Å². The van der Waals surface area contributed by atoms with Gasteiger partial charge >= 0.3 is 0 Å². The highest BCUT2D eigenvalue weighted by atomic mass is 16.5. The van der Waals surface area contributed by atoms with Crippen LogP contribution in [-0.2, 0) is 6.42 Å². The summed E-state index contributed by atoms with van der Waals surface area (Å²) in [6.45, 7) is 0.805. The monoisotopic (exact) mass is 270 g/mol. The van der Waals surface area contributed by atoms with Gasteiger partial charge in [0.05, 0.1) is 12.7 Å². The molecular formula is C18H22O2. The molecule has 3 fully saturated rings. The van der Waals surface area contributed by atoms with E-state index in [0.29, 0.717) is 5.92 Å². The predicted octanol–water partition coefficient (Wildman–Crippen LogP) is 3.34. The fourth-order valence-electron chi connectivity index (χ4n) is 5.67. The van der Waals surface area contributed by atoms with Crippen LogP contribution in [-0.4, -0.2) is 11.7 Å². The van der Waals surface area contributed by atoms with Crippen molar-refractivity contribution in [3.63, 3.8) is 0 Å². The summed E-state index contributed by atoms with van der Waals surface area (Å²) < 4.78 is 5.89. The van der Waals surface area contributed by atoms with Gasteiger partial charge in [-0.25, -0.2) is 0 Å².